The molecular formula is C17H19N3O3. The first-order valence-electron chi connectivity index (χ1n) is 7.68. The molecule has 1 aromatic carbocycles. The second kappa shape index (κ2) is 6.64. The molecule has 0 fully saturated rings. The van der Waals surface area contributed by atoms with Gasteiger partial charge in [-0.3, -0.25) is 9.59 Å². The number of ether oxygens (including phenoxy) is 1. The fourth-order valence-corrected chi connectivity index (χ4v) is 3.01. The fraction of sp³-hybridized carbons (Fsp3) is 0.353. The van der Waals surface area contributed by atoms with E-state index in [1.807, 2.05) is 6.07 Å². The summed E-state index contributed by atoms with van der Waals surface area (Å²) < 4.78 is 5.27. The van der Waals surface area contributed by atoms with Gasteiger partial charge in [-0.05, 0) is 48.6 Å². The second-order valence-electron chi connectivity index (χ2n) is 5.67. The van der Waals surface area contributed by atoms with Crippen molar-refractivity contribution in [3.8, 4) is 5.75 Å². The van der Waals surface area contributed by atoms with Crippen molar-refractivity contribution in [1.29, 1.82) is 0 Å². The van der Waals surface area contributed by atoms with Gasteiger partial charge in [0.15, 0.2) is 0 Å². The molecule has 1 amide bonds. The van der Waals surface area contributed by atoms with Crippen LogP contribution in [-0.2, 0) is 6.42 Å². The third-order valence-corrected chi connectivity index (χ3v) is 4.21. The number of amides is 1. The largest absolute Gasteiger partial charge is 0.497 e. The van der Waals surface area contributed by atoms with Crippen molar-refractivity contribution in [3.05, 3.63) is 57.5 Å². The Morgan fingerprint density at radius 3 is 3.00 bits per heavy atom. The van der Waals surface area contributed by atoms with Gasteiger partial charge < -0.3 is 10.1 Å². The van der Waals surface area contributed by atoms with Crippen LogP contribution in [0, 0.1) is 0 Å². The summed E-state index contributed by atoms with van der Waals surface area (Å²) in [6.07, 6.45) is 3.18. The van der Waals surface area contributed by atoms with Gasteiger partial charge in [0, 0.05) is 18.5 Å². The predicted molar refractivity (Wildman–Crippen MR) is 85.9 cm³/mol. The smallest absolute Gasteiger partial charge is 0.271 e. The topological polar surface area (TPSA) is 84.1 Å². The van der Waals surface area contributed by atoms with Crippen LogP contribution >= 0.6 is 0 Å². The van der Waals surface area contributed by atoms with Crippen molar-refractivity contribution in [1.82, 2.24) is 15.5 Å². The maximum Gasteiger partial charge on any atom is 0.271 e. The molecule has 6 heteroatoms. The minimum Gasteiger partial charge on any atom is -0.497 e. The number of aromatic amines is 1. The SMILES string of the molecule is COc1ccc2c(c1)CCCC2CNC(=O)c1ccc(=O)[nH]n1. The van der Waals surface area contributed by atoms with E-state index in [-0.39, 0.29) is 23.1 Å². The molecule has 2 N–H and O–H groups in total. The summed E-state index contributed by atoms with van der Waals surface area (Å²) in [6, 6.07) is 8.84. The summed E-state index contributed by atoms with van der Waals surface area (Å²) in [5, 5.41) is 8.91. The molecule has 3 rings (SSSR count). The van der Waals surface area contributed by atoms with E-state index in [4.69, 9.17) is 4.74 Å². The first-order valence-corrected chi connectivity index (χ1v) is 7.68. The van der Waals surface area contributed by atoms with Crippen LogP contribution in [0.3, 0.4) is 0 Å². The molecule has 1 heterocycles. The summed E-state index contributed by atoms with van der Waals surface area (Å²) in [5.41, 5.74) is 2.45. The highest BCUT2D eigenvalue weighted by molar-refractivity contribution is 5.92. The second-order valence-corrected chi connectivity index (χ2v) is 5.67. The van der Waals surface area contributed by atoms with Gasteiger partial charge in [0.1, 0.15) is 11.4 Å². The van der Waals surface area contributed by atoms with E-state index in [0.29, 0.717) is 6.54 Å². The molecule has 1 unspecified atom stereocenters. The van der Waals surface area contributed by atoms with Gasteiger partial charge in [-0.1, -0.05) is 6.07 Å². The van der Waals surface area contributed by atoms with Crippen LogP contribution in [0.1, 0.15) is 40.4 Å². The van der Waals surface area contributed by atoms with Crippen LogP contribution in [0.2, 0.25) is 0 Å². The monoisotopic (exact) mass is 313 g/mol. The Hall–Kier alpha value is -2.63. The number of aryl methyl sites for hydroxylation is 1. The number of carbonyl (C=O) groups is 1. The lowest BCUT2D eigenvalue weighted by Crippen LogP contribution is -2.31. The van der Waals surface area contributed by atoms with Crippen molar-refractivity contribution in [3.63, 3.8) is 0 Å². The molecule has 0 saturated carbocycles. The standard InChI is InChI=1S/C17H19N3O3/c1-23-13-5-6-14-11(9-13)3-2-4-12(14)10-18-17(22)15-7-8-16(21)20-19-15/h5-9,12H,2-4,10H2,1H3,(H,18,22)(H,20,21). The lowest BCUT2D eigenvalue weighted by Gasteiger charge is -2.26. The predicted octanol–water partition coefficient (Wildman–Crippen LogP) is 1.63. The van der Waals surface area contributed by atoms with Crippen LogP contribution < -0.4 is 15.6 Å². The lowest BCUT2D eigenvalue weighted by atomic mass is 9.82. The number of hydrogen-bond acceptors (Lipinski definition) is 4. The number of fused-ring (bicyclic) bond motifs is 1. The maximum absolute atomic E-state index is 12.1. The molecule has 1 aliphatic carbocycles. The average molecular weight is 313 g/mol. The van der Waals surface area contributed by atoms with Gasteiger partial charge >= 0.3 is 0 Å². The van der Waals surface area contributed by atoms with Crippen molar-refractivity contribution >= 4 is 5.91 Å². The normalized spacial score (nSPS) is 16.5. The van der Waals surface area contributed by atoms with Crippen molar-refractivity contribution in [2.24, 2.45) is 0 Å². The highest BCUT2D eigenvalue weighted by Crippen LogP contribution is 2.33. The van der Waals surface area contributed by atoms with Gasteiger partial charge in [-0.2, -0.15) is 5.10 Å². The average Bonchev–Trinajstić information content (AvgIpc) is 2.59. The molecule has 2 aromatic rings. The lowest BCUT2D eigenvalue weighted by molar-refractivity contribution is 0.0944. The Bertz CT molecular complexity index is 749. The Balaban J connectivity index is 1.69. The molecule has 0 spiro atoms. The van der Waals surface area contributed by atoms with E-state index in [1.54, 1.807) is 7.11 Å². The molecule has 1 atom stereocenters. The van der Waals surface area contributed by atoms with Gasteiger partial charge in [0.05, 0.1) is 7.11 Å². The molecule has 1 aliphatic rings. The fourth-order valence-electron chi connectivity index (χ4n) is 3.01. The minimum atomic E-state index is -0.322. The summed E-state index contributed by atoms with van der Waals surface area (Å²) in [6.45, 7) is 0.555. The zero-order valence-electron chi connectivity index (χ0n) is 13.0. The van der Waals surface area contributed by atoms with E-state index in [9.17, 15) is 9.59 Å². The number of nitrogens with zero attached hydrogens (tertiary/aromatic N) is 1. The van der Waals surface area contributed by atoms with E-state index >= 15 is 0 Å². The number of hydrogen-bond donors (Lipinski definition) is 2. The summed E-state index contributed by atoms with van der Waals surface area (Å²) >= 11 is 0. The first-order chi connectivity index (χ1) is 11.2. The number of H-pyrrole nitrogens is 1. The number of rotatable bonds is 4. The van der Waals surface area contributed by atoms with E-state index in [1.165, 1.54) is 23.3 Å². The Kier molecular flexibility index (Phi) is 4.41. The van der Waals surface area contributed by atoms with Crippen LogP contribution in [0.25, 0.3) is 0 Å². The number of carbonyl (C=O) groups excluding carboxylic acids is 1. The molecular weight excluding hydrogens is 294 g/mol. The zero-order chi connectivity index (χ0) is 16.2. The molecule has 1 aromatic heterocycles. The van der Waals surface area contributed by atoms with Crippen LogP contribution in [0.15, 0.2) is 35.1 Å². The Labute approximate surface area is 133 Å². The number of benzene rings is 1. The van der Waals surface area contributed by atoms with E-state index in [0.717, 1.165) is 25.0 Å². The van der Waals surface area contributed by atoms with Gasteiger partial charge in [0.2, 0.25) is 0 Å². The van der Waals surface area contributed by atoms with E-state index < -0.39 is 0 Å². The highest BCUT2D eigenvalue weighted by atomic mass is 16.5. The van der Waals surface area contributed by atoms with Crippen LogP contribution in [-0.4, -0.2) is 29.8 Å². The number of aromatic nitrogens is 2. The van der Waals surface area contributed by atoms with Crippen molar-refractivity contribution in [2.45, 2.75) is 25.2 Å². The molecule has 0 radical (unpaired) electrons. The maximum atomic E-state index is 12.1. The Morgan fingerprint density at radius 2 is 2.26 bits per heavy atom. The van der Waals surface area contributed by atoms with Gasteiger partial charge in [-0.15, -0.1) is 0 Å². The van der Waals surface area contributed by atoms with Gasteiger partial charge in [0.25, 0.3) is 11.5 Å². The van der Waals surface area contributed by atoms with Crippen molar-refractivity contribution in [2.75, 3.05) is 13.7 Å². The van der Waals surface area contributed by atoms with Crippen LogP contribution in [0.4, 0.5) is 0 Å². The minimum absolute atomic E-state index is 0.218. The van der Waals surface area contributed by atoms with Gasteiger partial charge in [-0.25, -0.2) is 5.10 Å². The molecule has 0 aliphatic heterocycles. The summed E-state index contributed by atoms with van der Waals surface area (Å²) in [7, 11) is 1.67. The number of nitrogens with one attached hydrogen (secondary N) is 2. The highest BCUT2D eigenvalue weighted by Gasteiger charge is 2.21. The third-order valence-electron chi connectivity index (χ3n) is 4.21. The number of methoxy groups -OCH3 is 1. The summed E-state index contributed by atoms with van der Waals surface area (Å²) in [4.78, 5) is 23.1. The first kappa shape index (κ1) is 15.3. The zero-order valence-corrected chi connectivity index (χ0v) is 13.0. The third kappa shape index (κ3) is 3.41. The van der Waals surface area contributed by atoms with E-state index in [2.05, 4.69) is 27.6 Å². The van der Waals surface area contributed by atoms with Crippen LogP contribution in [0.5, 0.6) is 5.75 Å². The molecule has 6 nitrogen and oxygen atoms in total. The Morgan fingerprint density at radius 1 is 1.39 bits per heavy atom. The molecule has 0 bridgehead atoms. The quantitative estimate of drug-likeness (QED) is 0.898. The molecule has 23 heavy (non-hydrogen) atoms. The summed E-state index contributed by atoms with van der Waals surface area (Å²) in [5.74, 6) is 0.879. The molecule has 120 valence electrons. The van der Waals surface area contributed by atoms with Crippen molar-refractivity contribution < 1.29 is 9.53 Å². The molecule has 0 saturated heterocycles.